The van der Waals surface area contributed by atoms with Gasteiger partial charge in [-0.25, -0.2) is 0 Å². The van der Waals surface area contributed by atoms with Gasteiger partial charge in [0.2, 0.25) is 11.8 Å². The number of hydrogen-bond donors (Lipinski definition) is 2. The molecule has 0 aromatic heterocycles. The zero-order valence-corrected chi connectivity index (χ0v) is 7.62. The van der Waals surface area contributed by atoms with Gasteiger partial charge in [0.05, 0.1) is 0 Å². The molecule has 0 aliphatic carbocycles. The van der Waals surface area contributed by atoms with Gasteiger partial charge in [0, 0.05) is 26.1 Å². The Morgan fingerprint density at radius 3 is 3.00 bits per heavy atom. The monoisotopic (exact) mass is 186 g/mol. The Morgan fingerprint density at radius 1 is 1.77 bits per heavy atom. The molecule has 0 radical (unpaired) electrons. The number of nitrogens with zero attached hydrogens (tertiary/aromatic N) is 1. The van der Waals surface area contributed by atoms with E-state index in [1.54, 1.807) is 11.9 Å². The Bertz CT molecular complexity index is 217. The van der Waals surface area contributed by atoms with Crippen LogP contribution in [0, 0.1) is 0 Å². The highest BCUT2D eigenvalue weighted by atomic mass is 16.3. The highest BCUT2D eigenvalue weighted by Gasteiger charge is 2.23. The third-order valence-electron chi connectivity index (χ3n) is 2.14. The largest absolute Gasteiger partial charge is 0.387 e. The Labute approximate surface area is 76.7 Å². The van der Waals surface area contributed by atoms with E-state index >= 15 is 0 Å². The first-order valence-corrected chi connectivity index (χ1v) is 4.27. The van der Waals surface area contributed by atoms with Crippen LogP contribution in [-0.4, -0.2) is 48.1 Å². The number of carbonyl (C=O) groups is 2. The minimum atomic E-state index is -0.492. The summed E-state index contributed by atoms with van der Waals surface area (Å²) < 4.78 is 0. The van der Waals surface area contributed by atoms with Gasteiger partial charge in [-0.3, -0.25) is 9.59 Å². The molecule has 1 saturated heterocycles. The van der Waals surface area contributed by atoms with Gasteiger partial charge in [0.25, 0.3) is 0 Å². The molecule has 1 aliphatic rings. The number of rotatable bonds is 2. The zero-order valence-electron chi connectivity index (χ0n) is 7.62. The highest BCUT2D eigenvalue weighted by molar-refractivity contribution is 5.79. The zero-order chi connectivity index (χ0) is 9.84. The van der Waals surface area contributed by atoms with Gasteiger partial charge in [-0.05, 0) is 6.42 Å². The van der Waals surface area contributed by atoms with Crippen molar-refractivity contribution in [3.63, 3.8) is 0 Å². The van der Waals surface area contributed by atoms with Crippen LogP contribution in [0.2, 0.25) is 0 Å². The molecule has 5 heteroatoms. The summed E-state index contributed by atoms with van der Waals surface area (Å²) in [5.74, 6) is -0.276. The minimum Gasteiger partial charge on any atom is -0.387 e. The molecule has 0 aromatic carbocycles. The maximum atomic E-state index is 11.1. The quantitative estimate of drug-likeness (QED) is 0.564. The molecule has 1 aliphatic heterocycles. The molecular formula is C8H14N2O3. The van der Waals surface area contributed by atoms with Crippen LogP contribution in [0.1, 0.15) is 12.8 Å². The van der Waals surface area contributed by atoms with Crippen LogP contribution in [0.4, 0.5) is 0 Å². The fourth-order valence-corrected chi connectivity index (χ4v) is 1.40. The molecule has 1 rings (SSSR count). The lowest BCUT2D eigenvalue weighted by Gasteiger charge is -2.29. The first-order valence-electron chi connectivity index (χ1n) is 4.27. The topological polar surface area (TPSA) is 69.6 Å². The molecule has 1 heterocycles. The fraction of sp³-hybridized carbons (Fsp3) is 0.750. The van der Waals surface area contributed by atoms with Crippen molar-refractivity contribution < 1.29 is 14.7 Å². The molecule has 2 amide bonds. The van der Waals surface area contributed by atoms with Gasteiger partial charge in [0.1, 0.15) is 6.61 Å². The average Bonchev–Trinajstić information content (AvgIpc) is 2.11. The molecule has 2 N–H and O–H groups in total. The number of nitrogens with one attached hydrogen (secondary N) is 1. The van der Waals surface area contributed by atoms with Crippen LogP contribution in [0.15, 0.2) is 0 Å². The molecule has 1 fully saturated rings. The van der Waals surface area contributed by atoms with E-state index in [0.29, 0.717) is 19.4 Å². The van der Waals surface area contributed by atoms with Crippen LogP contribution in [0.5, 0.6) is 0 Å². The van der Waals surface area contributed by atoms with Gasteiger partial charge in [-0.15, -0.1) is 0 Å². The summed E-state index contributed by atoms with van der Waals surface area (Å²) >= 11 is 0. The lowest BCUT2D eigenvalue weighted by Crippen LogP contribution is -2.49. The maximum Gasteiger partial charge on any atom is 0.245 e. The van der Waals surface area contributed by atoms with Crippen LogP contribution in [0.3, 0.4) is 0 Å². The second-order valence-corrected chi connectivity index (χ2v) is 3.24. The molecule has 0 bridgehead atoms. The van der Waals surface area contributed by atoms with Crippen LogP contribution in [-0.2, 0) is 9.59 Å². The molecule has 0 aromatic rings. The first kappa shape index (κ1) is 9.98. The number of piperidine rings is 1. The van der Waals surface area contributed by atoms with Crippen molar-refractivity contribution >= 4 is 11.8 Å². The lowest BCUT2D eigenvalue weighted by molar-refractivity contribution is -0.134. The highest BCUT2D eigenvalue weighted by Crippen LogP contribution is 2.09. The van der Waals surface area contributed by atoms with E-state index in [4.69, 9.17) is 5.11 Å². The predicted octanol–water partition coefficient (Wildman–Crippen LogP) is -1.28. The van der Waals surface area contributed by atoms with Crippen molar-refractivity contribution in [1.82, 2.24) is 10.2 Å². The summed E-state index contributed by atoms with van der Waals surface area (Å²) in [7, 11) is 1.71. The van der Waals surface area contributed by atoms with E-state index in [-0.39, 0.29) is 17.9 Å². The Hall–Kier alpha value is -1.10. The molecular weight excluding hydrogens is 172 g/mol. The van der Waals surface area contributed by atoms with E-state index in [1.165, 1.54) is 0 Å². The summed E-state index contributed by atoms with van der Waals surface area (Å²) in [4.78, 5) is 23.5. The van der Waals surface area contributed by atoms with Crippen molar-refractivity contribution in [2.24, 2.45) is 0 Å². The number of likely N-dealkylation sites (N-methyl/N-ethyl adjacent to an activating group) is 1. The van der Waals surface area contributed by atoms with Crippen molar-refractivity contribution in [3.8, 4) is 0 Å². The second kappa shape index (κ2) is 4.23. The summed E-state index contributed by atoms with van der Waals surface area (Å²) in [6.07, 6.45) is 1.13. The molecule has 0 saturated carbocycles. The normalized spacial score (nSPS) is 23.1. The third kappa shape index (κ3) is 2.69. The molecule has 5 nitrogen and oxygen atoms in total. The number of aliphatic hydroxyl groups is 1. The van der Waals surface area contributed by atoms with Gasteiger partial charge in [-0.1, -0.05) is 0 Å². The molecule has 1 atom stereocenters. The summed E-state index contributed by atoms with van der Waals surface area (Å²) in [5.41, 5.74) is 0. The van der Waals surface area contributed by atoms with Gasteiger partial charge in [-0.2, -0.15) is 0 Å². The fourth-order valence-electron chi connectivity index (χ4n) is 1.40. The van der Waals surface area contributed by atoms with Gasteiger partial charge >= 0.3 is 0 Å². The van der Waals surface area contributed by atoms with Crippen molar-refractivity contribution in [2.75, 3.05) is 20.2 Å². The number of amides is 2. The van der Waals surface area contributed by atoms with Crippen LogP contribution >= 0.6 is 0 Å². The maximum absolute atomic E-state index is 11.1. The SMILES string of the molecule is CN1CC(NC(=O)CO)CCC1=O. The molecule has 13 heavy (non-hydrogen) atoms. The van der Waals surface area contributed by atoms with E-state index in [2.05, 4.69) is 5.32 Å². The summed E-state index contributed by atoms with van der Waals surface area (Å²) in [6, 6.07) is -0.0117. The Morgan fingerprint density at radius 2 is 2.46 bits per heavy atom. The van der Waals surface area contributed by atoms with Crippen molar-refractivity contribution in [1.29, 1.82) is 0 Å². The average molecular weight is 186 g/mol. The van der Waals surface area contributed by atoms with E-state index in [0.717, 1.165) is 0 Å². The van der Waals surface area contributed by atoms with E-state index < -0.39 is 6.61 Å². The summed E-state index contributed by atoms with van der Waals surface area (Å²) in [5, 5.41) is 11.1. The predicted molar refractivity (Wildman–Crippen MR) is 45.9 cm³/mol. The summed E-state index contributed by atoms with van der Waals surface area (Å²) in [6.45, 7) is 0.0404. The van der Waals surface area contributed by atoms with Crippen molar-refractivity contribution in [2.45, 2.75) is 18.9 Å². The second-order valence-electron chi connectivity index (χ2n) is 3.24. The molecule has 1 unspecified atom stereocenters. The molecule has 74 valence electrons. The van der Waals surface area contributed by atoms with Crippen molar-refractivity contribution in [3.05, 3.63) is 0 Å². The van der Waals surface area contributed by atoms with Gasteiger partial charge in [0.15, 0.2) is 0 Å². The van der Waals surface area contributed by atoms with Crippen LogP contribution in [0.25, 0.3) is 0 Å². The Balaban J connectivity index is 2.37. The standard InChI is InChI=1S/C8H14N2O3/c1-10-4-6(2-3-8(10)13)9-7(12)5-11/h6,11H,2-5H2,1H3,(H,9,12). The number of hydrogen-bond acceptors (Lipinski definition) is 3. The first-order chi connectivity index (χ1) is 6.13. The van der Waals surface area contributed by atoms with Crippen LogP contribution < -0.4 is 5.32 Å². The van der Waals surface area contributed by atoms with Gasteiger partial charge < -0.3 is 15.3 Å². The lowest BCUT2D eigenvalue weighted by atomic mass is 10.1. The third-order valence-corrected chi connectivity index (χ3v) is 2.14. The number of aliphatic hydroxyl groups excluding tert-OH is 1. The number of likely N-dealkylation sites (tertiary alicyclic amines) is 1. The Kier molecular flexibility index (Phi) is 3.25. The van der Waals surface area contributed by atoms with E-state index in [9.17, 15) is 9.59 Å². The number of carbonyl (C=O) groups excluding carboxylic acids is 2. The molecule has 0 spiro atoms. The van der Waals surface area contributed by atoms with E-state index in [1.807, 2.05) is 0 Å². The smallest absolute Gasteiger partial charge is 0.245 e. The minimum absolute atomic E-state index is 0.0117.